The molecule has 1 unspecified atom stereocenters. The first-order valence-corrected chi connectivity index (χ1v) is 10.6. The summed E-state index contributed by atoms with van der Waals surface area (Å²) >= 11 is 0. The zero-order valence-corrected chi connectivity index (χ0v) is 16.9. The molecule has 1 aromatic heterocycles. The number of hydrogen-bond acceptors (Lipinski definition) is 3. The highest BCUT2D eigenvalue weighted by atomic mass is 16.2. The Balaban J connectivity index is 1.62. The van der Waals surface area contributed by atoms with Gasteiger partial charge in [0.2, 0.25) is 11.8 Å². The monoisotopic (exact) mass is 382 g/mol. The number of para-hydroxylation sites is 2. The van der Waals surface area contributed by atoms with Gasteiger partial charge in [-0.3, -0.25) is 9.59 Å². The van der Waals surface area contributed by atoms with Gasteiger partial charge < -0.3 is 14.4 Å². The minimum absolute atomic E-state index is 0.0487. The molecule has 0 bridgehead atoms. The third-order valence-corrected chi connectivity index (χ3v) is 6.45. The van der Waals surface area contributed by atoms with Gasteiger partial charge in [-0.05, 0) is 31.9 Å². The first kappa shape index (κ1) is 19.0. The number of imidazole rings is 1. The Hall–Kier alpha value is -2.37. The van der Waals surface area contributed by atoms with E-state index in [2.05, 4.69) is 0 Å². The normalized spacial score (nSPS) is 20.9. The van der Waals surface area contributed by atoms with Crippen LogP contribution in [0.15, 0.2) is 24.3 Å². The van der Waals surface area contributed by atoms with E-state index in [-0.39, 0.29) is 17.7 Å². The van der Waals surface area contributed by atoms with Crippen LogP contribution in [0.2, 0.25) is 0 Å². The summed E-state index contributed by atoms with van der Waals surface area (Å²) < 4.78 is 2.05. The largest absolute Gasteiger partial charge is 0.342 e. The quantitative estimate of drug-likeness (QED) is 0.798. The lowest BCUT2D eigenvalue weighted by Gasteiger charge is -2.31. The van der Waals surface area contributed by atoms with Crippen molar-refractivity contribution >= 4 is 22.8 Å². The first-order valence-electron chi connectivity index (χ1n) is 10.6. The molecule has 1 saturated carbocycles. The maximum Gasteiger partial charge on any atom is 0.242 e. The minimum Gasteiger partial charge on any atom is -0.342 e. The van der Waals surface area contributed by atoms with Gasteiger partial charge in [-0.25, -0.2) is 4.98 Å². The molecule has 1 aromatic carbocycles. The number of carbonyl (C=O) groups is 2. The maximum atomic E-state index is 13.1. The van der Waals surface area contributed by atoms with Crippen molar-refractivity contribution in [3.05, 3.63) is 30.1 Å². The molecular weight excluding hydrogens is 352 g/mol. The maximum absolute atomic E-state index is 13.1. The molecule has 2 aliphatic rings. The van der Waals surface area contributed by atoms with Gasteiger partial charge in [0, 0.05) is 38.5 Å². The molecule has 150 valence electrons. The van der Waals surface area contributed by atoms with Crippen molar-refractivity contribution in [3.8, 4) is 0 Å². The standard InChI is InChI=1S/C22H30N4O2/c1-3-25-14-16(13-20(25)27)22-23-18-11-7-8-12-19(18)26(22)15-21(28)24(2)17-9-5-4-6-10-17/h7-8,11-12,16-17H,3-6,9-10,13-15H2,1-2H3. The van der Waals surface area contributed by atoms with Crippen LogP contribution in [0, 0.1) is 0 Å². The van der Waals surface area contributed by atoms with Crippen molar-refractivity contribution in [2.75, 3.05) is 20.1 Å². The molecular formula is C22H30N4O2. The van der Waals surface area contributed by atoms with Crippen LogP contribution in [0.25, 0.3) is 11.0 Å². The molecule has 0 spiro atoms. The molecule has 0 N–H and O–H groups in total. The summed E-state index contributed by atoms with van der Waals surface area (Å²) in [5.74, 6) is 1.23. The van der Waals surface area contributed by atoms with Crippen molar-refractivity contribution in [2.24, 2.45) is 0 Å². The van der Waals surface area contributed by atoms with Gasteiger partial charge in [0.25, 0.3) is 0 Å². The Morgan fingerprint density at radius 3 is 2.68 bits per heavy atom. The van der Waals surface area contributed by atoms with Gasteiger partial charge >= 0.3 is 0 Å². The smallest absolute Gasteiger partial charge is 0.242 e. The van der Waals surface area contributed by atoms with Gasteiger partial charge in [-0.15, -0.1) is 0 Å². The summed E-state index contributed by atoms with van der Waals surface area (Å²) in [5.41, 5.74) is 1.87. The molecule has 28 heavy (non-hydrogen) atoms. The number of aromatic nitrogens is 2. The number of carbonyl (C=O) groups excluding carboxylic acids is 2. The molecule has 2 heterocycles. The predicted octanol–water partition coefficient (Wildman–Crippen LogP) is 3.16. The number of likely N-dealkylation sites (N-methyl/N-ethyl adjacent to an activating group) is 2. The second-order valence-electron chi connectivity index (χ2n) is 8.17. The summed E-state index contributed by atoms with van der Waals surface area (Å²) in [6.07, 6.45) is 6.37. The van der Waals surface area contributed by atoms with Crippen molar-refractivity contribution < 1.29 is 9.59 Å². The number of benzene rings is 1. The van der Waals surface area contributed by atoms with E-state index in [1.165, 1.54) is 19.3 Å². The average molecular weight is 383 g/mol. The van der Waals surface area contributed by atoms with Crippen LogP contribution in [-0.2, 0) is 16.1 Å². The lowest BCUT2D eigenvalue weighted by molar-refractivity contribution is -0.133. The number of nitrogens with zero attached hydrogens (tertiary/aromatic N) is 4. The Bertz CT molecular complexity index is 869. The molecule has 1 aliphatic heterocycles. The average Bonchev–Trinajstić information content (AvgIpc) is 3.28. The summed E-state index contributed by atoms with van der Waals surface area (Å²) in [5, 5.41) is 0. The van der Waals surface area contributed by atoms with Crippen molar-refractivity contribution in [1.29, 1.82) is 0 Å². The van der Waals surface area contributed by atoms with E-state index in [1.807, 2.05) is 52.6 Å². The number of rotatable bonds is 5. The molecule has 6 heteroatoms. The summed E-state index contributed by atoms with van der Waals surface area (Å²) in [4.78, 5) is 34.0. The van der Waals surface area contributed by atoms with Crippen LogP contribution < -0.4 is 0 Å². The highest BCUT2D eigenvalue weighted by molar-refractivity contribution is 5.83. The minimum atomic E-state index is 0.0487. The summed E-state index contributed by atoms with van der Waals surface area (Å²) in [7, 11) is 1.94. The fraction of sp³-hybridized carbons (Fsp3) is 0.591. The Morgan fingerprint density at radius 1 is 1.21 bits per heavy atom. The predicted molar refractivity (Wildman–Crippen MR) is 109 cm³/mol. The Labute approximate surface area is 166 Å². The van der Waals surface area contributed by atoms with E-state index in [0.29, 0.717) is 25.6 Å². The second-order valence-corrected chi connectivity index (χ2v) is 8.17. The van der Waals surface area contributed by atoms with E-state index < -0.39 is 0 Å². The van der Waals surface area contributed by atoms with Crippen LogP contribution in [-0.4, -0.2) is 57.3 Å². The van der Waals surface area contributed by atoms with Crippen LogP contribution in [0.1, 0.15) is 57.2 Å². The van der Waals surface area contributed by atoms with Crippen LogP contribution in [0.4, 0.5) is 0 Å². The van der Waals surface area contributed by atoms with Gasteiger partial charge in [0.1, 0.15) is 12.4 Å². The van der Waals surface area contributed by atoms with Crippen molar-refractivity contribution in [1.82, 2.24) is 19.4 Å². The molecule has 2 amide bonds. The van der Waals surface area contributed by atoms with Gasteiger partial charge in [-0.1, -0.05) is 31.4 Å². The SMILES string of the molecule is CCN1CC(c2nc3ccccc3n2CC(=O)N(C)C2CCCCC2)CC1=O. The lowest BCUT2D eigenvalue weighted by Crippen LogP contribution is -2.40. The number of fused-ring (bicyclic) bond motifs is 1. The third-order valence-electron chi connectivity index (χ3n) is 6.45. The molecule has 1 atom stereocenters. The van der Waals surface area contributed by atoms with E-state index >= 15 is 0 Å². The molecule has 1 aliphatic carbocycles. The van der Waals surface area contributed by atoms with Crippen LogP contribution >= 0.6 is 0 Å². The van der Waals surface area contributed by atoms with E-state index in [4.69, 9.17) is 4.98 Å². The molecule has 2 fully saturated rings. The molecule has 6 nitrogen and oxygen atoms in total. The van der Waals surface area contributed by atoms with Crippen LogP contribution in [0.3, 0.4) is 0 Å². The number of likely N-dealkylation sites (tertiary alicyclic amines) is 1. The molecule has 1 saturated heterocycles. The van der Waals surface area contributed by atoms with Crippen molar-refractivity contribution in [3.63, 3.8) is 0 Å². The highest BCUT2D eigenvalue weighted by Gasteiger charge is 2.34. The van der Waals surface area contributed by atoms with E-state index in [9.17, 15) is 9.59 Å². The van der Waals surface area contributed by atoms with Crippen LogP contribution in [0.5, 0.6) is 0 Å². The van der Waals surface area contributed by atoms with Gasteiger partial charge in [0.05, 0.1) is 11.0 Å². The highest BCUT2D eigenvalue weighted by Crippen LogP contribution is 2.30. The number of amides is 2. The summed E-state index contributed by atoms with van der Waals surface area (Å²) in [6.45, 7) is 3.70. The Morgan fingerprint density at radius 2 is 1.96 bits per heavy atom. The molecule has 0 radical (unpaired) electrons. The fourth-order valence-corrected chi connectivity index (χ4v) is 4.74. The van der Waals surface area contributed by atoms with Gasteiger partial charge in [0.15, 0.2) is 0 Å². The zero-order valence-electron chi connectivity index (χ0n) is 16.9. The van der Waals surface area contributed by atoms with E-state index in [1.54, 1.807) is 0 Å². The first-order chi connectivity index (χ1) is 13.6. The summed E-state index contributed by atoms with van der Waals surface area (Å²) in [6, 6.07) is 8.31. The Kier molecular flexibility index (Phi) is 5.38. The topological polar surface area (TPSA) is 58.4 Å². The second kappa shape index (κ2) is 7.94. The van der Waals surface area contributed by atoms with Gasteiger partial charge in [-0.2, -0.15) is 0 Å². The number of hydrogen-bond donors (Lipinski definition) is 0. The van der Waals surface area contributed by atoms with E-state index in [0.717, 1.165) is 36.2 Å². The van der Waals surface area contributed by atoms with Crippen molar-refractivity contribution in [2.45, 2.75) is 64.0 Å². The molecule has 2 aromatic rings. The fourth-order valence-electron chi connectivity index (χ4n) is 4.74. The zero-order chi connectivity index (χ0) is 19.7. The lowest BCUT2D eigenvalue weighted by atomic mass is 9.94. The molecule has 4 rings (SSSR count). The third kappa shape index (κ3) is 3.52.